The predicted molar refractivity (Wildman–Crippen MR) is 171 cm³/mol. The third kappa shape index (κ3) is 8.45. The van der Waals surface area contributed by atoms with E-state index in [9.17, 15) is 14.4 Å². The molecule has 2 heterocycles. The Morgan fingerprint density at radius 3 is 2.20 bits per heavy atom. The molecule has 0 atom stereocenters. The van der Waals surface area contributed by atoms with Crippen LogP contribution in [0.3, 0.4) is 0 Å². The molecule has 44 heavy (non-hydrogen) atoms. The maximum atomic E-state index is 13.5. The van der Waals surface area contributed by atoms with Gasteiger partial charge in [0.15, 0.2) is 0 Å². The van der Waals surface area contributed by atoms with Crippen LogP contribution in [0.25, 0.3) is 11.1 Å². The molecule has 0 saturated carbocycles. The standard InChI is InChI=1S/C35H42N5O4/c36-34(42)30-17-22-38(23-18-30)26-28-15-13-27(14-16-28)25-37-33(41)19-24-44-35(43)40(39-20-7-2-8-21-39)32-12-6-5-11-31(32)29-9-3-1-4-10-29/h1-6,9-16,30H,7-8,17-26H2,(H2,36,42)(H,37,41). The van der Waals surface area contributed by atoms with Gasteiger partial charge in [0.25, 0.3) is 0 Å². The number of nitrogens with zero attached hydrogens (tertiary/aromatic N) is 3. The largest absolute Gasteiger partial charge is 0.448 e. The number of anilines is 1. The van der Waals surface area contributed by atoms with Crippen LogP contribution in [-0.4, -0.2) is 60.6 Å². The summed E-state index contributed by atoms with van der Waals surface area (Å²) >= 11 is 0. The van der Waals surface area contributed by atoms with Gasteiger partial charge in [-0.1, -0.05) is 72.8 Å². The molecule has 3 aromatic rings. The zero-order valence-corrected chi connectivity index (χ0v) is 25.2. The molecule has 3 aromatic carbocycles. The second-order valence-corrected chi connectivity index (χ2v) is 11.4. The van der Waals surface area contributed by atoms with Crippen LogP contribution in [0.5, 0.6) is 0 Å². The number of primary amides is 1. The lowest BCUT2D eigenvalue weighted by Crippen LogP contribution is -2.50. The maximum Gasteiger partial charge on any atom is 0.429 e. The van der Waals surface area contributed by atoms with Crippen molar-refractivity contribution >= 4 is 23.6 Å². The van der Waals surface area contributed by atoms with Crippen molar-refractivity contribution in [2.75, 3.05) is 37.8 Å². The first-order valence-corrected chi connectivity index (χ1v) is 15.5. The minimum Gasteiger partial charge on any atom is -0.448 e. The molecule has 0 aromatic heterocycles. The van der Waals surface area contributed by atoms with E-state index in [2.05, 4.69) is 28.8 Å². The summed E-state index contributed by atoms with van der Waals surface area (Å²) in [6.07, 6.45) is 5.21. The number of carbonyl (C=O) groups excluding carboxylic acids is 3. The number of hydrazine groups is 1. The van der Waals surface area contributed by atoms with E-state index in [1.54, 1.807) is 5.01 Å². The van der Waals surface area contributed by atoms with E-state index >= 15 is 0 Å². The second-order valence-electron chi connectivity index (χ2n) is 11.4. The van der Waals surface area contributed by atoms with Gasteiger partial charge < -0.3 is 15.8 Å². The van der Waals surface area contributed by atoms with E-state index in [1.807, 2.05) is 71.7 Å². The molecule has 3 N–H and O–H groups in total. The normalized spacial score (nSPS) is 16.3. The van der Waals surface area contributed by atoms with Crippen molar-refractivity contribution < 1.29 is 19.1 Å². The number of carbonyl (C=O) groups is 3. The molecule has 5 rings (SSSR count). The molecular weight excluding hydrogens is 554 g/mol. The Labute approximate surface area is 259 Å². The number of nitrogens with two attached hydrogens (primary N) is 1. The van der Waals surface area contributed by atoms with Crippen molar-refractivity contribution in [2.24, 2.45) is 11.7 Å². The zero-order valence-electron chi connectivity index (χ0n) is 25.2. The van der Waals surface area contributed by atoms with E-state index in [-0.39, 0.29) is 30.8 Å². The Morgan fingerprint density at radius 2 is 1.50 bits per heavy atom. The van der Waals surface area contributed by atoms with Crippen LogP contribution in [-0.2, 0) is 27.4 Å². The van der Waals surface area contributed by atoms with Crippen molar-refractivity contribution in [1.29, 1.82) is 0 Å². The molecule has 9 heteroatoms. The first-order valence-electron chi connectivity index (χ1n) is 15.5. The summed E-state index contributed by atoms with van der Waals surface area (Å²) < 4.78 is 5.68. The van der Waals surface area contributed by atoms with Gasteiger partial charge in [0.05, 0.1) is 12.1 Å². The smallest absolute Gasteiger partial charge is 0.429 e. The number of hydrogen-bond donors (Lipinski definition) is 2. The molecule has 2 aliphatic heterocycles. The van der Waals surface area contributed by atoms with Gasteiger partial charge >= 0.3 is 6.09 Å². The lowest BCUT2D eigenvalue weighted by Gasteiger charge is -2.37. The van der Waals surface area contributed by atoms with E-state index in [0.717, 1.165) is 67.7 Å². The van der Waals surface area contributed by atoms with Gasteiger partial charge in [-0.15, -0.1) is 0 Å². The lowest BCUT2D eigenvalue weighted by atomic mass is 9.96. The minimum atomic E-state index is -0.488. The SMILES string of the molecule is NC(=O)C1CCN(Cc2ccc(CNC(=O)CCOC(=O)N(c3ccccc3-c3ccccc3)N3CC[CH]CC3)cc2)CC1. The Balaban J connectivity index is 1.11. The van der Waals surface area contributed by atoms with Crippen LogP contribution in [0.15, 0.2) is 78.9 Å². The molecule has 0 bridgehead atoms. The zero-order chi connectivity index (χ0) is 30.7. The molecule has 3 amide bonds. The summed E-state index contributed by atoms with van der Waals surface area (Å²) in [6.45, 7) is 4.37. The van der Waals surface area contributed by atoms with E-state index in [1.165, 1.54) is 5.56 Å². The van der Waals surface area contributed by atoms with Gasteiger partial charge in [-0.25, -0.2) is 14.8 Å². The molecule has 0 aliphatic carbocycles. The van der Waals surface area contributed by atoms with Crippen molar-refractivity contribution in [2.45, 2.75) is 45.2 Å². The fourth-order valence-corrected chi connectivity index (χ4v) is 5.80. The monoisotopic (exact) mass is 596 g/mol. The highest BCUT2D eigenvalue weighted by Gasteiger charge is 2.28. The van der Waals surface area contributed by atoms with Crippen LogP contribution < -0.4 is 16.1 Å². The van der Waals surface area contributed by atoms with Gasteiger partial charge in [0, 0.05) is 37.7 Å². The molecule has 1 radical (unpaired) electrons. The van der Waals surface area contributed by atoms with Crippen LogP contribution in [0.2, 0.25) is 0 Å². The van der Waals surface area contributed by atoms with Crippen LogP contribution in [0, 0.1) is 12.3 Å². The van der Waals surface area contributed by atoms with Gasteiger partial charge in [-0.2, -0.15) is 0 Å². The molecule has 2 fully saturated rings. The number of rotatable bonds is 11. The average Bonchev–Trinajstić information content (AvgIpc) is 3.06. The lowest BCUT2D eigenvalue weighted by molar-refractivity contribution is -0.123. The quantitative estimate of drug-likeness (QED) is 0.326. The number of nitrogens with one attached hydrogen (secondary N) is 1. The topological polar surface area (TPSA) is 108 Å². The van der Waals surface area contributed by atoms with Crippen LogP contribution in [0.1, 0.15) is 43.2 Å². The molecule has 231 valence electrons. The molecule has 2 aliphatic rings. The van der Waals surface area contributed by atoms with Crippen molar-refractivity contribution in [3.8, 4) is 11.1 Å². The average molecular weight is 597 g/mol. The molecular formula is C35H42N5O4. The van der Waals surface area contributed by atoms with Crippen molar-refractivity contribution in [3.05, 3.63) is 96.4 Å². The Kier molecular flexibility index (Phi) is 11.0. The number of para-hydroxylation sites is 1. The van der Waals surface area contributed by atoms with Crippen LogP contribution >= 0.6 is 0 Å². The molecule has 9 nitrogen and oxygen atoms in total. The summed E-state index contributed by atoms with van der Waals surface area (Å²) in [5.41, 5.74) is 10.3. The Bertz CT molecular complexity index is 1380. The molecule has 2 saturated heterocycles. The fourth-order valence-electron chi connectivity index (χ4n) is 5.80. The predicted octanol–water partition coefficient (Wildman–Crippen LogP) is 4.92. The van der Waals surface area contributed by atoms with Crippen LogP contribution in [0.4, 0.5) is 10.5 Å². The summed E-state index contributed by atoms with van der Waals surface area (Å²) in [7, 11) is 0. The number of piperidine rings is 2. The summed E-state index contributed by atoms with van der Waals surface area (Å²) in [6, 6.07) is 26.0. The van der Waals surface area contributed by atoms with E-state index < -0.39 is 6.09 Å². The Morgan fingerprint density at radius 1 is 0.841 bits per heavy atom. The summed E-state index contributed by atoms with van der Waals surface area (Å²) in [4.78, 5) is 39.9. The third-order valence-corrected chi connectivity index (χ3v) is 8.32. The number of likely N-dealkylation sites (tertiary alicyclic amines) is 1. The molecule has 0 spiro atoms. The third-order valence-electron chi connectivity index (χ3n) is 8.32. The first kappa shape index (κ1) is 31.2. The van der Waals surface area contributed by atoms with Gasteiger partial charge in [-0.05, 0) is 68.0 Å². The number of hydrogen-bond acceptors (Lipinski definition) is 6. The summed E-state index contributed by atoms with van der Waals surface area (Å²) in [5.74, 6) is -0.385. The minimum absolute atomic E-state index is 0.00973. The first-order chi connectivity index (χ1) is 21.5. The number of benzene rings is 3. The number of ether oxygens (including phenoxy) is 1. The molecule has 0 unspecified atom stereocenters. The fraction of sp³-hybridized carbons (Fsp3) is 0.371. The highest BCUT2D eigenvalue weighted by molar-refractivity contribution is 5.93. The summed E-state index contributed by atoms with van der Waals surface area (Å²) in [5, 5.41) is 6.59. The van der Waals surface area contributed by atoms with Gasteiger partial charge in [-0.3, -0.25) is 14.5 Å². The highest BCUT2D eigenvalue weighted by atomic mass is 16.6. The second kappa shape index (κ2) is 15.5. The van der Waals surface area contributed by atoms with Gasteiger partial charge in [0.1, 0.15) is 6.61 Å². The maximum absolute atomic E-state index is 13.5. The van der Waals surface area contributed by atoms with E-state index in [0.29, 0.717) is 19.6 Å². The Hall–Kier alpha value is -4.21. The van der Waals surface area contributed by atoms with Crippen molar-refractivity contribution in [1.82, 2.24) is 15.2 Å². The van der Waals surface area contributed by atoms with Crippen molar-refractivity contribution in [3.63, 3.8) is 0 Å². The highest BCUT2D eigenvalue weighted by Crippen LogP contribution is 2.33. The van der Waals surface area contributed by atoms with E-state index in [4.69, 9.17) is 10.5 Å². The van der Waals surface area contributed by atoms with Gasteiger partial charge in [0.2, 0.25) is 11.8 Å². The number of amides is 3.